The van der Waals surface area contributed by atoms with Gasteiger partial charge in [-0.05, 0) is 36.8 Å². The van der Waals surface area contributed by atoms with Crippen LogP contribution in [0.2, 0.25) is 0 Å². The van der Waals surface area contributed by atoms with Crippen molar-refractivity contribution in [1.29, 1.82) is 0 Å². The molecule has 7 rings (SSSR count). The number of anilines is 2. The van der Waals surface area contributed by atoms with E-state index in [1.807, 2.05) is 0 Å². The summed E-state index contributed by atoms with van der Waals surface area (Å²) in [5, 5.41) is 21.8. The van der Waals surface area contributed by atoms with Crippen LogP contribution < -0.4 is 10.6 Å². The summed E-state index contributed by atoms with van der Waals surface area (Å²) in [7, 11) is 0. The molecule has 198 valence electrons. The van der Waals surface area contributed by atoms with E-state index < -0.39 is 0 Å². The molecule has 0 saturated heterocycles. The van der Waals surface area contributed by atoms with Gasteiger partial charge in [-0.1, -0.05) is 24.3 Å². The zero-order chi connectivity index (χ0) is 26.3. The van der Waals surface area contributed by atoms with Gasteiger partial charge in [0, 0.05) is 54.6 Å². The van der Waals surface area contributed by atoms with E-state index in [-0.39, 0.29) is 30.3 Å². The van der Waals surface area contributed by atoms with Crippen molar-refractivity contribution in [2.24, 2.45) is 5.92 Å². The van der Waals surface area contributed by atoms with Crippen molar-refractivity contribution in [3.8, 4) is 11.1 Å². The highest BCUT2D eigenvalue weighted by Crippen LogP contribution is 2.33. The van der Waals surface area contributed by atoms with Gasteiger partial charge in [0.2, 0.25) is 17.8 Å². The van der Waals surface area contributed by atoms with Gasteiger partial charge in [-0.3, -0.25) is 14.3 Å². The summed E-state index contributed by atoms with van der Waals surface area (Å²) in [4.78, 5) is 36.5. The van der Waals surface area contributed by atoms with Crippen molar-refractivity contribution in [2.45, 2.75) is 51.2 Å². The van der Waals surface area contributed by atoms with Gasteiger partial charge in [0.15, 0.2) is 5.82 Å². The molecule has 1 saturated carbocycles. The van der Waals surface area contributed by atoms with Crippen LogP contribution in [0.25, 0.3) is 11.1 Å². The van der Waals surface area contributed by atoms with Crippen molar-refractivity contribution < 1.29 is 9.59 Å². The lowest BCUT2D eigenvalue weighted by molar-refractivity contribution is -0.133. The zero-order valence-corrected chi connectivity index (χ0v) is 21.3. The minimum absolute atomic E-state index is 0.0213. The Kier molecular flexibility index (Phi) is 5.79. The number of nitrogens with one attached hydrogen (secondary N) is 3. The lowest BCUT2D eigenvalue weighted by Crippen LogP contribution is -2.38. The van der Waals surface area contributed by atoms with Gasteiger partial charge in [0.25, 0.3) is 0 Å². The van der Waals surface area contributed by atoms with Crippen molar-refractivity contribution in [3.05, 3.63) is 65.4 Å². The van der Waals surface area contributed by atoms with Crippen molar-refractivity contribution >= 4 is 23.6 Å². The fourth-order valence-electron chi connectivity index (χ4n) is 5.31. The number of aromatic amines is 1. The fraction of sp³-hybridized carbons (Fsp3) is 0.370. The monoisotopic (exact) mass is 524 g/mol. The third-order valence-electron chi connectivity index (χ3n) is 7.61. The Hall–Kier alpha value is -4.61. The second-order valence-corrected chi connectivity index (χ2v) is 10.4. The summed E-state index contributed by atoms with van der Waals surface area (Å²) in [5.74, 6) is 0.856. The molecule has 3 aliphatic rings. The number of carbonyl (C=O) groups excluding carboxylic acids is 2. The molecule has 1 fully saturated rings. The SMILES string of the molecule is O=C(Nc1nn(CC(=O)N2CCc3n[nH]nc3C2)cc1-c1cnc(NC2Cc3ccccc3C2)nc1)C1CC1. The first kappa shape index (κ1) is 23.5. The van der Waals surface area contributed by atoms with E-state index in [4.69, 9.17) is 0 Å². The fourth-order valence-corrected chi connectivity index (χ4v) is 5.31. The van der Waals surface area contributed by atoms with Gasteiger partial charge >= 0.3 is 0 Å². The number of fused-ring (bicyclic) bond motifs is 2. The third-order valence-corrected chi connectivity index (χ3v) is 7.61. The number of carbonyl (C=O) groups is 2. The molecule has 4 heterocycles. The van der Waals surface area contributed by atoms with Gasteiger partial charge in [-0.2, -0.15) is 20.5 Å². The van der Waals surface area contributed by atoms with Crippen LogP contribution in [0.3, 0.4) is 0 Å². The Balaban J connectivity index is 1.07. The molecule has 0 atom stereocenters. The van der Waals surface area contributed by atoms with Crippen molar-refractivity contribution in [1.82, 2.24) is 40.1 Å². The second kappa shape index (κ2) is 9.61. The summed E-state index contributed by atoms with van der Waals surface area (Å²) in [5.41, 5.74) is 5.80. The Morgan fingerprint density at radius 2 is 1.77 bits per heavy atom. The minimum Gasteiger partial charge on any atom is -0.351 e. The van der Waals surface area contributed by atoms with Gasteiger partial charge in [0.1, 0.15) is 12.2 Å². The first-order valence-corrected chi connectivity index (χ1v) is 13.3. The van der Waals surface area contributed by atoms with Crippen LogP contribution in [0.15, 0.2) is 42.9 Å². The van der Waals surface area contributed by atoms with Crippen LogP contribution in [0.4, 0.5) is 11.8 Å². The number of benzene rings is 1. The molecule has 2 amide bonds. The molecule has 1 aromatic carbocycles. The number of nitrogens with zero attached hydrogens (tertiary/aromatic N) is 7. The van der Waals surface area contributed by atoms with Crippen LogP contribution in [0.1, 0.15) is 35.4 Å². The predicted molar refractivity (Wildman–Crippen MR) is 141 cm³/mol. The summed E-state index contributed by atoms with van der Waals surface area (Å²) in [6.45, 7) is 1.03. The molecule has 0 unspecified atom stereocenters. The van der Waals surface area contributed by atoms with Crippen molar-refractivity contribution in [3.63, 3.8) is 0 Å². The molecular formula is C27H28N10O2. The highest BCUT2D eigenvalue weighted by molar-refractivity contribution is 5.96. The van der Waals surface area contributed by atoms with E-state index >= 15 is 0 Å². The van der Waals surface area contributed by atoms with Crippen LogP contribution >= 0.6 is 0 Å². The van der Waals surface area contributed by atoms with Gasteiger partial charge in [-0.25, -0.2) is 9.97 Å². The lowest BCUT2D eigenvalue weighted by Gasteiger charge is -2.25. The molecule has 3 aromatic heterocycles. The zero-order valence-electron chi connectivity index (χ0n) is 21.3. The third kappa shape index (κ3) is 4.85. The highest BCUT2D eigenvalue weighted by Gasteiger charge is 2.31. The summed E-state index contributed by atoms with van der Waals surface area (Å²) < 4.78 is 1.57. The number of H-pyrrole nitrogens is 1. The standard InChI is InChI=1S/C27H28N10O2/c38-24(36-8-7-22-23(14-36)33-35-32-22)15-37-13-21(25(34-37)31-26(39)16-5-6-16)19-11-28-27(29-12-19)30-20-9-17-3-1-2-4-18(17)10-20/h1-4,11-13,16,20H,5-10,14-15H2,(H,28,29,30)(H,31,34,39)(H,32,33,35). The normalized spacial score (nSPS) is 16.6. The van der Waals surface area contributed by atoms with Crippen LogP contribution in [0.5, 0.6) is 0 Å². The molecule has 39 heavy (non-hydrogen) atoms. The number of hydrogen-bond donors (Lipinski definition) is 3. The molecule has 4 aromatic rings. The van der Waals surface area contributed by atoms with E-state index in [9.17, 15) is 9.59 Å². The molecule has 2 aliphatic carbocycles. The minimum atomic E-state index is -0.0777. The number of aromatic nitrogens is 7. The topological polar surface area (TPSA) is 147 Å². The molecule has 0 radical (unpaired) electrons. The Morgan fingerprint density at radius 1 is 1.03 bits per heavy atom. The number of hydrogen-bond acceptors (Lipinski definition) is 8. The van der Waals surface area contributed by atoms with Gasteiger partial charge in [0.05, 0.1) is 12.2 Å². The maximum absolute atomic E-state index is 13.1. The Bertz CT molecular complexity index is 1510. The summed E-state index contributed by atoms with van der Waals surface area (Å²) in [6, 6.07) is 8.71. The van der Waals surface area contributed by atoms with Gasteiger partial charge < -0.3 is 15.5 Å². The molecule has 3 N–H and O–H groups in total. The first-order chi connectivity index (χ1) is 19.1. The van der Waals surface area contributed by atoms with E-state index in [2.05, 4.69) is 65.4 Å². The van der Waals surface area contributed by atoms with Crippen LogP contribution in [0, 0.1) is 5.92 Å². The van der Waals surface area contributed by atoms with Crippen LogP contribution in [-0.4, -0.2) is 64.5 Å². The molecule has 12 nitrogen and oxygen atoms in total. The van der Waals surface area contributed by atoms with E-state index in [1.54, 1.807) is 28.2 Å². The van der Waals surface area contributed by atoms with E-state index in [1.165, 1.54) is 11.1 Å². The average Bonchev–Trinajstić information content (AvgIpc) is 3.37. The van der Waals surface area contributed by atoms with E-state index in [0.29, 0.717) is 42.4 Å². The smallest absolute Gasteiger partial charge is 0.244 e. The lowest BCUT2D eigenvalue weighted by atomic mass is 10.1. The van der Waals surface area contributed by atoms with Gasteiger partial charge in [-0.15, -0.1) is 0 Å². The molecule has 0 spiro atoms. The molecule has 0 bridgehead atoms. The number of rotatable bonds is 7. The number of amides is 2. The Morgan fingerprint density at radius 3 is 2.51 bits per heavy atom. The van der Waals surface area contributed by atoms with E-state index in [0.717, 1.165) is 37.1 Å². The predicted octanol–water partition coefficient (Wildman–Crippen LogP) is 1.97. The maximum atomic E-state index is 13.1. The molecular weight excluding hydrogens is 496 g/mol. The highest BCUT2D eigenvalue weighted by atomic mass is 16.2. The first-order valence-electron chi connectivity index (χ1n) is 13.3. The summed E-state index contributed by atoms with van der Waals surface area (Å²) in [6.07, 6.45) is 9.53. The quantitative estimate of drug-likeness (QED) is 0.333. The largest absolute Gasteiger partial charge is 0.351 e. The maximum Gasteiger partial charge on any atom is 0.244 e. The Labute approximate surface area is 224 Å². The van der Waals surface area contributed by atoms with Crippen LogP contribution in [-0.2, 0) is 41.9 Å². The summed E-state index contributed by atoms with van der Waals surface area (Å²) >= 11 is 0. The second-order valence-electron chi connectivity index (χ2n) is 10.4. The molecule has 1 aliphatic heterocycles. The average molecular weight is 525 g/mol. The van der Waals surface area contributed by atoms with Crippen molar-refractivity contribution in [2.75, 3.05) is 17.2 Å². The molecule has 12 heteroatoms.